The molecule has 0 radical (unpaired) electrons. The first-order valence-corrected chi connectivity index (χ1v) is 13.2. The molecule has 8 nitrogen and oxygen atoms in total. The molecule has 3 heterocycles. The van der Waals surface area contributed by atoms with Gasteiger partial charge in [-0.05, 0) is 58.6 Å². The Morgan fingerprint density at radius 3 is 2.53 bits per heavy atom. The van der Waals surface area contributed by atoms with Crippen LogP contribution >= 0.6 is 0 Å². The SMILES string of the molecule is COc1cc(-c2nc([C@H]3CC[C@H](N4CC(F)(F)C4)CC3)n3ccnc(C)c23)ccc1N(C)C(=O)OC(C)C. The summed E-state index contributed by atoms with van der Waals surface area (Å²) in [6.07, 6.45) is 6.60. The lowest BCUT2D eigenvalue weighted by Crippen LogP contribution is -2.60. The highest BCUT2D eigenvalue weighted by Gasteiger charge is 2.47. The van der Waals surface area contributed by atoms with Crippen molar-refractivity contribution in [2.75, 3.05) is 32.1 Å². The van der Waals surface area contributed by atoms with Gasteiger partial charge in [0.05, 0.1) is 48.9 Å². The largest absolute Gasteiger partial charge is 0.495 e. The number of likely N-dealkylation sites (tertiary alicyclic amines) is 1. The smallest absolute Gasteiger partial charge is 0.414 e. The quantitative estimate of drug-likeness (QED) is 0.411. The molecule has 0 bridgehead atoms. The highest BCUT2D eigenvalue weighted by molar-refractivity contribution is 5.90. The predicted octanol–water partition coefficient (Wildman–Crippen LogP) is 5.67. The second-order valence-corrected chi connectivity index (χ2v) is 10.7. The van der Waals surface area contributed by atoms with Crippen LogP contribution in [0.5, 0.6) is 5.75 Å². The molecule has 2 aliphatic rings. The van der Waals surface area contributed by atoms with Crippen molar-refractivity contribution in [3.05, 3.63) is 42.1 Å². The maximum Gasteiger partial charge on any atom is 0.414 e. The van der Waals surface area contributed by atoms with Gasteiger partial charge in [-0.25, -0.2) is 18.6 Å². The number of hydrogen-bond acceptors (Lipinski definition) is 6. The number of hydrogen-bond donors (Lipinski definition) is 0. The van der Waals surface area contributed by atoms with E-state index in [1.807, 2.05) is 36.2 Å². The molecule has 1 saturated carbocycles. The summed E-state index contributed by atoms with van der Waals surface area (Å²) in [4.78, 5) is 25.5. The number of imidazole rings is 1. The number of alkyl halides is 2. The van der Waals surface area contributed by atoms with Gasteiger partial charge in [0.15, 0.2) is 0 Å². The Bertz CT molecular complexity index is 1330. The number of anilines is 1. The van der Waals surface area contributed by atoms with Crippen LogP contribution in [0.15, 0.2) is 30.6 Å². The predicted molar refractivity (Wildman–Crippen MR) is 141 cm³/mol. The fraction of sp³-hybridized carbons (Fsp3) is 0.536. The molecular weight excluding hydrogens is 492 g/mol. The van der Waals surface area contributed by atoms with Gasteiger partial charge in [-0.15, -0.1) is 0 Å². The minimum absolute atomic E-state index is 0.119. The average Bonchev–Trinajstić information content (AvgIpc) is 3.27. The molecular formula is C28H35F2N5O3. The summed E-state index contributed by atoms with van der Waals surface area (Å²) in [5, 5.41) is 0. The topological polar surface area (TPSA) is 72.2 Å². The van der Waals surface area contributed by atoms with E-state index in [0.29, 0.717) is 11.4 Å². The van der Waals surface area contributed by atoms with Gasteiger partial charge >= 0.3 is 6.09 Å². The second kappa shape index (κ2) is 10.1. The molecule has 10 heteroatoms. The van der Waals surface area contributed by atoms with Crippen LogP contribution in [0.4, 0.5) is 19.3 Å². The first-order valence-electron chi connectivity index (χ1n) is 13.2. The first kappa shape index (κ1) is 26.3. The molecule has 3 aromatic rings. The van der Waals surface area contributed by atoms with Gasteiger partial charge in [0.2, 0.25) is 0 Å². The van der Waals surface area contributed by atoms with E-state index in [0.717, 1.165) is 54.0 Å². The molecule has 0 unspecified atom stereocenters. The lowest BCUT2D eigenvalue weighted by molar-refractivity contribution is -0.150. The number of rotatable bonds is 6. The lowest BCUT2D eigenvalue weighted by Gasteiger charge is -2.46. The van der Waals surface area contributed by atoms with E-state index in [9.17, 15) is 13.6 Å². The third-order valence-electron chi connectivity index (χ3n) is 7.64. The number of amides is 1. The summed E-state index contributed by atoms with van der Waals surface area (Å²) in [7, 11) is 3.22. The molecule has 2 aromatic heterocycles. The number of carbonyl (C=O) groups is 1. The average molecular weight is 528 g/mol. The summed E-state index contributed by atoms with van der Waals surface area (Å²) < 4.78 is 39.9. The molecule has 5 rings (SSSR count). The van der Waals surface area contributed by atoms with Gasteiger partial charge < -0.3 is 9.47 Å². The number of methoxy groups -OCH3 is 1. The van der Waals surface area contributed by atoms with Gasteiger partial charge in [-0.1, -0.05) is 6.07 Å². The fourth-order valence-electron chi connectivity index (χ4n) is 5.70. The van der Waals surface area contributed by atoms with Crippen molar-refractivity contribution >= 4 is 17.3 Å². The van der Waals surface area contributed by atoms with Gasteiger partial charge in [-0.3, -0.25) is 19.2 Å². The van der Waals surface area contributed by atoms with Crippen LogP contribution in [0.2, 0.25) is 0 Å². The standard InChI is InChI=1S/C28H35F2N5O3/c1-17(2)38-27(36)33(4)22-11-8-20(14-23(22)37-5)24-25-18(3)31-12-13-35(25)26(32-24)19-6-9-21(10-7-19)34-15-28(29,30)16-34/h8,11-14,17,19,21H,6-7,9-10,15-16H2,1-5H3/t19-,21-. The summed E-state index contributed by atoms with van der Waals surface area (Å²) in [5.74, 6) is -0.806. The van der Waals surface area contributed by atoms with Crippen molar-refractivity contribution in [3.8, 4) is 17.0 Å². The Kier molecular flexibility index (Phi) is 7.02. The maximum atomic E-state index is 13.4. The van der Waals surface area contributed by atoms with E-state index in [4.69, 9.17) is 14.5 Å². The molecule has 1 aliphatic carbocycles. The first-order chi connectivity index (χ1) is 18.1. The van der Waals surface area contributed by atoms with Crippen molar-refractivity contribution in [3.63, 3.8) is 0 Å². The fourth-order valence-corrected chi connectivity index (χ4v) is 5.70. The normalized spacial score (nSPS) is 21.4. The number of halogens is 2. The Hall–Kier alpha value is -3.27. The van der Waals surface area contributed by atoms with Crippen LogP contribution < -0.4 is 9.64 Å². The van der Waals surface area contributed by atoms with Gasteiger partial charge in [0.25, 0.3) is 5.92 Å². The van der Waals surface area contributed by atoms with Crippen LogP contribution in [-0.2, 0) is 4.74 Å². The highest BCUT2D eigenvalue weighted by atomic mass is 19.3. The molecule has 1 aromatic carbocycles. The minimum Gasteiger partial charge on any atom is -0.495 e. The van der Waals surface area contributed by atoms with Crippen LogP contribution in [-0.4, -0.2) is 70.7 Å². The molecule has 1 saturated heterocycles. The number of ether oxygens (including phenoxy) is 2. The van der Waals surface area contributed by atoms with Crippen LogP contribution in [0.1, 0.15) is 57.0 Å². The van der Waals surface area contributed by atoms with E-state index < -0.39 is 12.0 Å². The number of fused-ring (bicyclic) bond motifs is 1. The van der Waals surface area contributed by atoms with Crippen molar-refractivity contribution in [1.29, 1.82) is 0 Å². The number of carbonyl (C=O) groups excluding carboxylic acids is 1. The second-order valence-electron chi connectivity index (χ2n) is 10.7. The number of nitrogens with zero attached hydrogens (tertiary/aromatic N) is 5. The monoisotopic (exact) mass is 527 g/mol. The zero-order chi connectivity index (χ0) is 27.2. The Labute approximate surface area is 221 Å². The maximum absolute atomic E-state index is 13.4. The minimum atomic E-state index is -2.53. The van der Waals surface area contributed by atoms with E-state index in [2.05, 4.69) is 9.38 Å². The molecule has 2 fully saturated rings. The highest BCUT2D eigenvalue weighted by Crippen LogP contribution is 2.41. The Morgan fingerprint density at radius 1 is 1.18 bits per heavy atom. The molecule has 204 valence electrons. The number of benzene rings is 1. The van der Waals surface area contributed by atoms with Gasteiger partial charge in [-0.2, -0.15) is 0 Å². The summed E-state index contributed by atoms with van der Waals surface area (Å²) in [6, 6.07) is 5.86. The van der Waals surface area contributed by atoms with E-state index in [1.165, 1.54) is 4.90 Å². The molecule has 38 heavy (non-hydrogen) atoms. The third-order valence-corrected chi connectivity index (χ3v) is 7.64. The molecule has 0 spiro atoms. The van der Waals surface area contributed by atoms with Gasteiger partial charge in [0.1, 0.15) is 11.6 Å². The Morgan fingerprint density at radius 2 is 1.89 bits per heavy atom. The lowest BCUT2D eigenvalue weighted by atomic mass is 9.83. The van der Waals surface area contributed by atoms with Crippen molar-refractivity contribution in [1.82, 2.24) is 19.3 Å². The van der Waals surface area contributed by atoms with Gasteiger partial charge in [0, 0.05) is 37.0 Å². The number of aromatic nitrogens is 3. The molecule has 0 N–H and O–H groups in total. The zero-order valence-corrected chi connectivity index (χ0v) is 22.6. The van der Waals surface area contributed by atoms with E-state index in [1.54, 1.807) is 34.2 Å². The molecule has 1 aliphatic heterocycles. The van der Waals surface area contributed by atoms with Crippen molar-refractivity contribution in [2.24, 2.45) is 0 Å². The summed E-state index contributed by atoms with van der Waals surface area (Å²) >= 11 is 0. The van der Waals surface area contributed by atoms with Crippen molar-refractivity contribution in [2.45, 2.75) is 70.4 Å². The van der Waals surface area contributed by atoms with E-state index >= 15 is 0 Å². The number of aryl methyl sites for hydroxylation is 1. The van der Waals surface area contributed by atoms with E-state index in [-0.39, 0.29) is 31.2 Å². The summed E-state index contributed by atoms with van der Waals surface area (Å²) in [6.45, 7) is 5.34. The zero-order valence-electron chi connectivity index (χ0n) is 22.6. The molecule has 1 amide bonds. The molecule has 0 atom stereocenters. The Balaban J connectivity index is 1.44. The van der Waals surface area contributed by atoms with Crippen LogP contribution in [0.3, 0.4) is 0 Å². The summed E-state index contributed by atoms with van der Waals surface area (Å²) in [5.41, 5.74) is 4.03. The van der Waals surface area contributed by atoms with Crippen LogP contribution in [0.25, 0.3) is 16.8 Å². The third kappa shape index (κ3) is 4.93. The van der Waals surface area contributed by atoms with Crippen molar-refractivity contribution < 1.29 is 23.0 Å². The van der Waals surface area contributed by atoms with Crippen LogP contribution in [0, 0.1) is 6.92 Å².